The van der Waals surface area contributed by atoms with Crippen LogP contribution in [0.25, 0.3) is 0 Å². The number of fused-ring (bicyclic) bond motifs is 1. The molecule has 0 fully saturated rings. The Hall–Kier alpha value is -1.95. The summed E-state index contributed by atoms with van der Waals surface area (Å²) in [6.07, 6.45) is 1.18. The number of benzene rings is 3. The van der Waals surface area contributed by atoms with E-state index in [1.807, 2.05) is 0 Å². The lowest BCUT2D eigenvalue weighted by atomic mass is 10.0. The van der Waals surface area contributed by atoms with Gasteiger partial charge in [0.15, 0.2) is 0 Å². The van der Waals surface area contributed by atoms with E-state index in [1.54, 1.807) is 0 Å². The predicted octanol–water partition coefficient (Wildman–Crippen LogP) is 4.90. The second kappa shape index (κ2) is 7.12. The van der Waals surface area contributed by atoms with E-state index in [2.05, 4.69) is 104 Å². The average molecular weight is 345 g/mol. The van der Waals surface area contributed by atoms with Gasteiger partial charge in [0.2, 0.25) is 0 Å². The second-order valence-electron chi connectivity index (χ2n) is 6.88. The Balaban J connectivity index is 1.78. The van der Waals surface area contributed by atoms with Crippen molar-refractivity contribution in [1.82, 2.24) is 4.67 Å². The van der Waals surface area contributed by atoms with Crippen molar-refractivity contribution in [3.8, 4) is 0 Å². The molecule has 2 atom stereocenters. The normalized spacial score (nSPS) is 19.4. The first kappa shape index (κ1) is 16.5. The molecule has 0 aliphatic heterocycles. The third-order valence-electron chi connectivity index (χ3n) is 5.17. The monoisotopic (exact) mass is 345 g/mol. The highest BCUT2D eigenvalue weighted by molar-refractivity contribution is 7.70. The summed E-state index contributed by atoms with van der Waals surface area (Å²) < 4.78 is 2.64. The Kier molecular flexibility index (Phi) is 4.70. The number of hydrogen-bond donors (Lipinski definition) is 0. The molecule has 3 aromatic carbocycles. The molecule has 0 aromatic heterocycles. The number of hydrogen-bond acceptors (Lipinski definition) is 1. The Morgan fingerprint density at radius 3 is 1.88 bits per heavy atom. The van der Waals surface area contributed by atoms with Gasteiger partial charge in [-0.3, -0.25) is 4.67 Å². The van der Waals surface area contributed by atoms with Crippen molar-refractivity contribution in [2.75, 3.05) is 7.05 Å². The van der Waals surface area contributed by atoms with Gasteiger partial charge in [0, 0.05) is 14.1 Å². The lowest BCUT2D eigenvalue weighted by Crippen LogP contribution is -2.30. The van der Waals surface area contributed by atoms with E-state index >= 15 is 0 Å². The van der Waals surface area contributed by atoms with E-state index in [0.717, 1.165) is 0 Å². The minimum atomic E-state index is -0.541. The molecule has 0 heterocycles. The fourth-order valence-corrected chi connectivity index (χ4v) is 6.66. The first-order valence-electron chi connectivity index (χ1n) is 8.96. The number of rotatable bonds is 4. The van der Waals surface area contributed by atoms with Gasteiger partial charge in [-0.25, -0.2) is 0 Å². The minimum Gasteiger partial charge on any atom is -0.270 e. The molecule has 126 valence electrons. The highest BCUT2D eigenvalue weighted by Crippen LogP contribution is 2.49. The van der Waals surface area contributed by atoms with Crippen molar-refractivity contribution >= 4 is 18.7 Å². The van der Waals surface area contributed by atoms with Gasteiger partial charge in [0.25, 0.3) is 0 Å². The van der Waals surface area contributed by atoms with Crippen LogP contribution < -0.4 is 10.6 Å². The SMILES string of the molecule is CC1Cc2ccccc2C1N(C)P(c1ccccc1)c1ccccc1. The van der Waals surface area contributed by atoms with Crippen LogP contribution in [0.1, 0.15) is 24.1 Å². The summed E-state index contributed by atoms with van der Waals surface area (Å²) in [5, 5.41) is 2.84. The standard InChI is InChI=1S/C23H24NP/c1-18-17-19-11-9-10-16-22(19)23(18)24(2)25(20-12-5-3-6-13-20)21-14-7-4-8-15-21/h3-16,18,23H,17H2,1-2H3. The van der Waals surface area contributed by atoms with Crippen LogP contribution >= 0.6 is 8.07 Å². The minimum absolute atomic E-state index is 0.475. The van der Waals surface area contributed by atoms with Crippen LogP contribution in [0, 0.1) is 5.92 Å². The van der Waals surface area contributed by atoms with Crippen LogP contribution in [-0.4, -0.2) is 11.7 Å². The van der Waals surface area contributed by atoms with Gasteiger partial charge in [-0.1, -0.05) is 91.9 Å². The summed E-state index contributed by atoms with van der Waals surface area (Å²) in [7, 11) is 1.77. The van der Waals surface area contributed by atoms with Crippen molar-refractivity contribution in [3.63, 3.8) is 0 Å². The molecule has 2 heteroatoms. The van der Waals surface area contributed by atoms with E-state index in [0.29, 0.717) is 12.0 Å². The first-order valence-corrected chi connectivity index (χ1v) is 10.3. The second-order valence-corrected chi connectivity index (χ2v) is 9.17. The van der Waals surface area contributed by atoms with Gasteiger partial charge in [0.1, 0.15) is 0 Å². The van der Waals surface area contributed by atoms with Gasteiger partial charge >= 0.3 is 0 Å². The zero-order chi connectivity index (χ0) is 17.2. The molecule has 1 aliphatic carbocycles. The average Bonchev–Trinajstić information content (AvgIpc) is 2.99. The van der Waals surface area contributed by atoms with Gasteiger partial charge < -0.3 is 0 Å². The predicted molar refractivity (Wildman–Crippen MR) is 109 cm³/mol. The van der Waals surface area contributed by atoms with E-state index in [1.165, 1.54) is 28.2 Å². The van der Waals surface area contributed by atoms with Gasteiger partial charge in [-0.2, -0.15) is 0 Å². The number of nitrogens with zero attached hydrogens (tertiary/aromatic N) is 1. The Labute approximate surface area is 152 Å². The highest BCUT2D eigenvalue weighted by Gasteiger charge is 2.36. The molecular formula is C23H24NP. The fraction of sp³-hybridized carbons (Fsp3) is 0.217. The van der Waals surface area contributed by atoms with Crippen molar-refractivity contribution < 1.29 is 0 Å². The van der Waals surface area contributed by atoms with Crippen molar-refractivity contribution in [1.29, 1.82) is 0 Å². The Morgan fingerprint density at radius 2 is 1.28 bits per heavy atom. The molecule has 0 saturated heterocycles. The third kappa shape index (κ3) is 3.15. The molecule has 4 rings (SSSR count). The van der Waals surface area contributed by atoms with Crippen molar-refractivity contribution in [2.45, 2.75) is 19.4 Å². The lowest BCUT2D eigenvalue weighted by molar-refractivity contribution is 0.326. The summed E-state index contributed by atoms with van der Waals surface area (Å²) in [6.45, 7) is 2.39. The van der Waals surface area contributed by atoms with E-state index in [-0.39, 0.29) is 0 Å². The quantitative estimate of drug-likeness (QED) is 0.608. The lowest BCUT2D eigenvalue weighted by Gasteiger charge is -2.36. The molecule has 0 spiro atoms. The summed E-state index contributed by atoms with van der Waals surface area (Å²) in [5.74, 6) is 0.639. The molecule has 3 aromatic rings. The zero-order valence-electron chi connectivity index (χ0n) is 14.8. The van der Waals surface area contributed by atoms with Gasteiger partial charge in [0.05, 0.1) is 0 Å². The van der Waals surface area contributed by atoms with Crippen LogP contribution in [0.5, 0.6) is 0 Å². The molecule has 0 N–H and O–H groups in total. The first-order chi connectivity index (χ1) is 12.3. The van der Waals surface area contributed by atoms with Crippen molar-refractivity contribution in [3.05, 3.63) is 96.1 Å². The third-order valence-corrected chi connectivity index (χ3v) is 7.63. The van der Waals surface area contributed by atoms with Crippen LogP contribution in [0.3, 0.4) is 0 Å². The summed E-state index contributed by atoms with van der Waals surface area (Å²) >= 11 is 0. The summed E-state index contributed by atoms with van der Waals surface area (Å²) in [4.78, 5) is 0. The van der Waals surface area contributed by atoms with Gasteiger partial charge in [-0.15, -0.1) is 0 Å². The van der Waals surface area contributed by atoms with E-state index in [9.17, 15) is 0 Å². The van der Waals surface area contributed by atoms with Gasteiger partial charge in [-0.05, 0) is 41.1 Å². The van der Waals surface area contributed by atoms with Crippen LogP contribution in [0.4, 0.5) is 0 Å². The molecule has 0 amide bonds. The smallest absolute Gasteiger partial charge is 0.0418 e. The van der Waals surface area contributed by atoms with Crippen LogP contribution in [0.2, 0.25) is 0 Å². The zero-order valence-corrected chi connectivity index (χ0v) is 15.7. The maximum atomic E-state index is 2.64. The topological polar surface area (TPSA) is 3.24 Å². The molecule has 1 nitrogen and oxygen atoms in total. The molecule has 25 heavy (non-hydrogen) atoms. The van der Waals surface area contributed by atoms with Crippen LogP contribution in [0.15, 0.2) is 84.9 Å². The molecular weight excluding hydrogens is 321 g/mol. The van der Waals surface area contributed by atoms with E-state index in [4.69, 9.17) is 0 Å². The fourth-order valence-electron chi connectivity index (χ4n) is 4.12. The summed E-state index contributed by atoms with van der Waals surface area (Å²) in [5.41, 5.74) is 3.03. The molecule has 0 radical (unpaired) electrons. The Morgan fingerprint density at radius 1 is 0.760 bits per heavy atom. The van der Waals surface area contributed by atoms with Crippen LogP contribution in [-0.2, 0) is 6.42 Å². The molecule has 0 saturated carbocycles. The van der Waals surface area contributed by atoms with Crippen molar-refractivity contribution in [2.24, 2.45) is 5.92 Å². The molecule has 2 unspecified atom stereocenters. The molecule has 0 bridgehead atoms. The molecule has 1 aliphatic rings. The maximum Gasteiger partial charge on any atom is 0.0418 e. The maximum absolute atomic E-state index is 2.64. The summed E-state index contributed by atoms with van der Waals surface area (Å²) in [6, 6.07) is 31.4. The van der Waals surface area contributed by atoms with E-state index < -0.39 is 8.07 Å². The Bertz CT molecular complexity index is 791. The largest absolute Gasteiger partial charge is 0.270 e. The highest BCUT2D eigenvalue weighted by atomic mass is 31.1.